The average molecular weight is 187 g/mol. The summed E-state index contributed by atoms with van der Waals surface area (Å²) in [6, 6.07) is 0. The highest BCUT2D eigenvalue weighted by molar-refractivity contribution is 4.64. The van der Waals surface area contributed by atoms with Crippen molar-refractivity contribution in [2.45, 2.75) is 39.2 Å². The zero-order chi connectivity index (χ0) is 9.52. The summed E-state index contributed by atoms with van der Waals surface area (Å²) in [5.41, 5.74) is 2.96. The molecular weight excluding hydrogens is 166 g/mol. The molecule has 1 atom stereocenters. The molecule has 0 bridgehead atoms. The number of ether oxygens (including phenoxy) is 1. The van der Waals surface area contributed by atoms with Crippen LogP contribution in [0.4, 0.5) is 0 Å². The molecule has 0 aliphatic carbocycles. The minimum atomic E-state index is 0.468. The van der Waals surface area contributed by atoms with Crippen LogP contribution in [0.3, 0.4) is 0 Å². The van der Waals surface area contributed by atoms with Crippen molar-refractivity contribution in [3.8, 4) is 0 Å². The first kappa shape index (κ1) is 11.0. The van der Waals surface area contributed by atoms with E-state index in [-0.39, 0.29) is 0 Å². The summed E-state index contributed by atoms with van der Waals surface area (Å²) in [4.78, 5) is 5.25. The van der Waals surface area contributed by atoms with Gasteiger partial charge in [0, 0.05) is 13.2 Å². The lowest BCUT2D eigenvalue weighted by molar-refractivity contribution is 0.0133. The van der Waals surface area contributed by atoms with Crippen LogP contribution in [0.5, 0.6) is 0 Å². The molecule has 3 heteroatoms. The van der Waals surface area contributed by atoms with E-state index < -0.39 is 0 Å². The van der Waals surface area contributed by atoms with Crippen molar-refractivity contribution >= 4 is 0 Å². The minimum Gasteiger partial charge on any atom is -0.378 e. The summed E-state index contributed by atoms with van der Waals surface area (Å²) in [7, 11) is 0. The Morgan fingerprint density at radius 2 is 2.38 bits per heavy atom. The SMILES string of the molecule is CC(C)CONCCC1CCCO1. The zero-order valence-corrected chi connectivity index (χ0v) is 8.71. The van der Waals surface area contributed by atoms with Gasteiger partial charge in [-0.25, -0.2) is 5.48 Å². The van der Waals surface area contributed by atoms with Crippen molar-refractivity contribution in [2.75, 3.05) is 19.8 Å². The molecule has 1 N–H and O–H groups in total. The lowest BCUT2D eigenvalue weighted by Crippen LogP contribution is -2.22. The molecule has 0 aromatic heterocycles. The predicted molar refractivity (Wildman–Crippen MR) is 52.4 cm³/mol. The number of hydrogen-bond acceptors (Lipinski definition) is 3. The number of nitrogens with one attached hydrogen (secondary N) is 1. The molecule has 1 saturated heterocycles. The highest BCUT2D eigenvalue weighted by atomic mass is 16.6. The van der Waals surface area contributed by atoms with Gasteiger partial charge in [0.2, 0.25) is 0 Å². The Morgan fingerprint density at radius 1 is 1.54 bits per heavy atom. The average Bonchev–Trinajstić information content (AvgIpc) is 2.55. The summed E-state index contributed by atoms with van der Waals surface area (Å²) in [5, 5.41) is 0. The van der Waals surface area contributed by atoms with Gasteiger partial charge in [-0.3, -0.25) is 0 Å². The molecule has 0 aromatic carbocycles. The third-order valence-electron chi connectivity index (χ3n) is 2.11. The fraction of sp³-hybridized carbons (Fsp3) is 1.00. The van der Waals surface area contributed by atoms with Crippen LogP contribution >= 0.6 is 0 Å². The van der Waals surface area contributed by atoms with Crippen LogP contribution in [0.2, 0.25) is 0 Å². The van der Waals surface area contributed by atoms with Crippen LogP contribution in [-0.2, 0) is 9.57 Å². The molecule has 1 aliphatic rings. The Balaban J connectivity index is 1.83. The van der Waals surface area contributed by atoms with Gasteiger partial charge in [-0.05, 0) is 25.2 Å². The molecule has 1 unspecified atom stereocenters. The zero-order valence-electron chi connectivity index (χ0n) is 8.71. The lowest BCUT2D eigenvalue weighted by atomic mass is 10.2. The second-order valence-corrected chi connectivity index (χ2v) is 4.02. The van der Waals surface area contributed by atoms with E-state index >= 15 is 0 Å². The van der Waals surface area contributed by atoms with Crippen LogP contribution in [0.25, 0.3) is 0 Å². The Hall–Kier alpha value is -0.120. The maximum Gasteiger partial charge on any atom is 0.0705 e. The molecule has 78 valence electrons. The van der Waals surface area contributed by atoms with E-state index in [1.165, 1.54) is 12.8 Å². The van der Waals surface area contributed by atoms with E-state index in [1.54, 1.807) is 0 Å². The van der Waals surface area contributed by atoms with Gasteiger partial charge in [-0.2, -0.15) is 0 Å². The molecule has 1 aliphatic heterocycles. The second kappa shape index (κ2) is 6.35. The van der Waals surface area contributed by atoms with Crippen molar-refractivity contribution < 1.29 is 9.57 Å². The van der Waals surface area contributed by atoms with E-state index in [0.717, 1.165) is 26.2 Å². The maximum atomic E-state index is 5.49. The third kappa shape index (κ3) is 5.24. The standard InChI is InChI=1S/C10H21NO2/c1-9(2)8-13-11-6-5-10-4-3-7-12-10/h9-11H,3-8H2,1-2H3. The van der Waals surface area contributed by atoms with Gasteiger partial charge in [-0.15, -0.1) is 0 Å². The minimum absolute atomic E-state index is 0.468. The number of hydrogen-bond donors (Lipinski definition) is 1. The molecule has 0 amide bonds. The van der Waals surface area contributed by atoms with Gasteiger partial charge in [0.05, 0.1) is 12.7 Å². The van der Waals surface area contributed by atoms with Gasteiger partial charge in [0.1, 0.15) is 0 Å². The van der Waals surface area contributed by atoms with Crippen molar-refractivity contribution in [1.29, 1.82) is 0 Å². The largest absolute Gasteiger partial charge is 0.378 e. The van der Waals surface area contributed by atoms with E-state index in [2.05, 4.69) is 19.3 Å². The first-order valence-electron chi connectivity index (χ1n) is 5.25. The molecule has 0 spiro atoms. The van der Waals surface area contributed by atoms with E-state index in [4.69, 9.17) is 9.57 Å². The Labute approximate surface area is 80.7 Å². The number of rotatable bonds is 6. The topological polar surface area (TPSA) is 30.5 Å². The van der Waals surface area contributed by atoms with Gasteiger partial charge >= 0.3 is 0 Å². The monoisotopic (exact) mass is 187 g/mol. The molecule has 1 heterocycles. The summed E-state index contributed by atoms with van der Waals surface area (Å²) >= 11 is 0. The van der Waals surface area contributed by atoms with Crippen LogP contribution in [0, 0.1) is 5.92 Å². The molecule has 1 fully saturated rings. The van der Waals surface area contributed by atoms with Crippen LogP contribution in [0.1, 0.15) is 33.1 Å². The molecule has 3 nitrogen and oxygen atoms in total. The molecule has 0 radical (unpaired) electrons. The van der Waals surface area contributed by atoms with Gasteiger partial charge < -0.3 is 9.57 Å². The van der Waals surface area contributed by atoms with Crippen molar-refractivity contribution in [1.82, 2.24) is 5.48 Å². The Bertz CT molecular complexity index is 122. The summed E-state index contributed by atoms with van der Waals surface area (Å²) in [6.45, 7) is 6.91. The fourth-order valence-corrected chi connectivity index (χ4v) is 1.39. The van der Waals surface area contributed by atoms with Crippen LogP contribution in [-0.4, -0.2) is 25.9 Å². The molecule has 1 rings (SSSR count). The van der Waals surface area contributed by atoms with Gasteiger partial charge in [-0.1, -0.05) is 13.8 Å². The molecule has 0 aromatic rings. The third-order valence-corrected chi connectivity index (χ3v) is 2.11. The van der Waals surface area contributed by atoms with Crippen LogP contribution < -0.4 is 5.48 Å². The smallest absolute Gasteiger partial charge is 0.0705 e. The highest BCUT2D eigenvalue weighted by Crippen LogP contribution is 2.14. The van der Waals surface area contributed by atoms with Crippen LogP contribution in [0.15, 0.2) is 0 Å². The molecular formula is C10H21NO2. The van der Waals surface area contributed by atoms with Crippen molar-refractivity contribution in [3.05, 3.63) is 0 Å². The Kier molecular flexibility index (Phi) is 5.35. The van der Waals surface area contributed by atoms with E-state index in [0.29, 0.717) is 12.0 Å². The number of hydroxylamine groups is 1. The van der Waals surface area contributed by atoms with Gasteiger partial charge in [0.15, 0.2) is 0 Å². The van der Waals surface area contributed by atoms with E-state index in [1.807, 2.05) is 0 Å². The fourth-order valence-electron chi connectivity index (χ4n) is 1.39. The predicted octanol–water partition coefficient (Wildman–Crippen LogP) is 1.73. The van der Waals surface area contributed by atoms with Crippen molar-refractivity contribution in [2.24, 2.45) is 5.92 Å². The summed E-state index contributed by atoms with van der Waals surface area (Å²) < 4.78 is 5.49. The summed E-state index contributed by atoms with van der Waals surface area (Å²) in [6.07, 6.45) is 3.97. The quantitative estimate of drug-likeness (QED) is 0.507. The normalized spacial score (nSPS) is 22.8. The second-order valence-electron chi connectivity index (χ2n) is 4.02. The lowest BCUT2D eigenvalue weighted by Gasteiger charge is -2.10. The highest BCUT2D eigenvalue weighted by Gasteiger charge is 2.14. The van der Waals surface area contributed by atoms with Gasteiger partial charge in [0.25, 0.3) is 0 Å². The molecule has 0 saturated carbocycles. The first-order chi connectivity index (χ1) is 6.29. The molecule has 13 heavy (non-hydrogen) atoms. The first-order valence-corrected chi connectivity index (χ1v) is 5.25. The van der Waals surface area contributed by atoms with Crippen molar-refractivity contribution in [3.63, 3.8) is 0 Å². The summed E-state index contributed by atoms with van der Waals surface area (Å²) in [5.74, 6) is 0.593. The van der Waals surface area contributed by atoms with E-state index in [9.17, 15) is 0 Å². The maximum absolute atomic E-state index is 5.49. The Morgan fingerprint density at radius 3 is 3.00 bits per heavy atom.